The highest BCUT2D eigenvalue weighted by atomic mass is 32.2. The molecule has 2 aromatic heterocycles. The number of hydrogen-bond acceptors (Lipinski definition) is 8. The molecule has 0 fully saturated rings. The number of fused-ring (bicyclic) bond motifs is 2. The number of benzene rings is 2. The topological polar surface area (TPSA) is 125 Å². The standard InChI is InChI=1S/C29H26N4O5S/c30-28(34)21-3-4-22-17-37-18-25(39(35,36)27(22)15-21)16-23-14-20(9-11-31-23)19-5-7-24(8-6-19)33-12-13-38-26-2-1-10-32-29(26)33/h1-11,14-15,25H,12-13,16-18H2,(H2,30,34). The fourth-order valence-electron chi connectivity index (χ4n) is 4.97. The highest BCUT2D eigenvalue weighted by Gasteiger charge is 2.33. The van der Waals surface area contributed by atoms with Gasteiger partial charge in [0.2, 0.25) is 5.91 Å². The second kappa shape index (κ2) is 10.1. The fourth-order valence-corrected chi connectivity index (χ4v) is 6.78. The number of pyridine rings is 2. The van der Waals surface area contributed by atoms with E-state index in [0.717, 1.165) is 28.4 Å². The van der Waals surface area contributed by atoms with Crippen molar-refractivity contribution in [2.75, 3.05) is 24.7 Å². The molecule has 10 heteroatoms. The number of primary amides is 1. The Morgan fingerprint density at radius 1 is 1.00 bits per heavy atom. The van der Waals surface area contributed by atoms with E-state index in [1.165, 1.54) is 12.1 Å². The Bertz CT molecular complexity index is 1660. The van der Waals surface area contributed by atoms with Gasteiger partial charge in [-0.15, -0.1) is 0 Å². The molecule has 0 radical (unpaired) electrons. The van der Waals surface area contributed by atoms with Gasteiger partial charge in [-0.05, 0) is 65.2 Å². The molecule has 198 valence electrons. The molecule has 1 atom stereocenters. The van der Waals surface area contributed by atoms with Crippen LogP contribution >= 0.6 is 0 Å². The molecule has 0 aliphatic carbocycles. The van der Waals surface area contributed by atoms with Crippen LogP contribution in [-0.4, -0.2) is 49.3 Å². The highest BCUT2D eigenvalue weighted by Crippen LogP contribution is 2.35. The summed E-state index contributed by atoms with van der Waals surface area (Å²) in [6.45, 7) is 1.45. The van der Waals surface area contributed by atoms with Gasteiger partial charge in [-0.1, -0.05) is 18.2 Å². The Hall–Kier alpha value is -4.28. The minimum absolute atomic E-state index is 0.0264. The van der Waals surface area contributed by atoms with E-state index in [1.54, 1.807) is 18.5 Å². The van der Waals surface area contributed by atoms with E-state index < -0.39 is 21.0 Å². The zero-order valence-corrected chi connectivity index (χ0v) is 21.8. The second-order valence-corrected chi connectivity index (χ2v) is 11.7. The van der Waals surface area contributed by atoms with Crippen molar-refractivity contribution in [2.24, 2.45) is 5.73 Å². The highest BCUT2D eigenvalue weighted by molar-refractivity contribution is 7.92. The van der Waals surface area contributed by atoms with Crippen LogP contribution in [0.15, 0.2) is 84.0 Å². The first-order chi connectivity index (χ1) is 18.9. The van der Waals surface area contributed by atoms with E-state index in [0.29, 0.717) is 24.4 Å². The van der Waals surface area contributed by atoms with Gasteiger partial charge in [0.1, 0.15) is 6.61 Å². The van der Waals surface area contributed by atoms with Gasteiger partial charge >= 0.3 is 0 Å². The summed E-state index contributed by atoms with van der Waals surface area (Å²) in [5, 5.41) is -0.846. The maximum Gasteiger partial charge on any atom is 0.248 e. The number of aromatic nitrogens is 2. The van der Waals surface area contributed by atoms with Gasteiger partial charge in [0, 0.05) is 35.8 Å². The van der Waals surface area contributed by atoms with E-state index in [9.17, 15) is 13.2 Å². The Morgan fingerprint density at radius 2 is 1.85 bits per heavy atom. The van der Waals surface area contributed by atoms with E-state index in [-0.39, 0.29) is 30.1 Å². The lowest BCUT2D eigenvalue weighted by Gasteiger charge is -2.30. The number of carbonyl (C=O) groups is 1. The summed E-state index contributed by atoms with van der Waals surface area (Å²) >= 11 is 0. The molecule has 2 N–H and O–H groups in total. The van der Waals surface area contributed by atoms with Gasteiger partial charge in [0.05, 0.1) is 29.9 Å². The molecule has 1 unspecified atom stereocenters. The number of carbonyl (C=O) groups excluding carboxylic acids is 1. The van der Waals surface area contributed by atoms with E-state index >= 15 is 0 Å². The smallest absolute Gasteiger partial charge is 0.248 e. The van der Waals surface area contributed by atoms with Crippen LogP contribution in [0.25, 0.3) is 11.1 Å². The summed E-state index contributed by atoms with van der Waals surface area (Å²) in [5.74, 6) is 0.876. The fraction of sp³-hybridized carbons (Fsp3) is 0.207. The minimum atomic E-state index is -3.79. The third-order valence-corrected chi connectivity index (χ3v) is 9.18. The van der Waals surface area contributed by atoms with Crippen LogP contribution in [0.2, 0.25) is 0 Å². The van der Waals surface area contributed by atoms with Crippen molar-refractivity contribution in [3.8, 4) is 16.9 Å². The van der Waals surface area contributed by atoms with Gasteiger partial charge in [-0.2, -0.15) is 0 Å². The van der Waals surface area contributed by atoms with Crippen LogP contribution in [0.1, 0.15) is 21.6 Å². The van der Waals surface area contributed by atoms with Gasteiger partial charge in [0.25, 0.3) is 0 Å². The number of hydrogen-bond donors (Lipinski definition) is 1. The normalized spacial score (nSPS) is 17.8. The van der Waals surface area contributed by atoms with E-state index in [1.807, 2.05) is 48.5 Å². The number of nitrogens with two attached hydrogens (primary N) is 1. The Morgan fingerprint density at radius 3 is 2.67 bits per heavy atom. The SMILES string of the molecule is NC(=O)c1ccc2c(c1)S(=O)(=O)C(Cc1cc(-c3ccc(N4CCOc5cccnc54)cc3)ccn1)COC2. The number of rotatable bonds is 5. The molecule has 0 saturated carbocycles. The first kappa shape index (κ1) is 25.0. The van der Waals surface area contributed by atoms with Crippen molar-refractivity contribution in [2.45, 2.75) is 23.2 Å². The molecule has 0 spiro atoms. The van der Waals surface area contributed by atoms with Crippen LogP contribution in [0.4, 0.5) is 11.5 Å². The lowest BCUT2D eigenvalue weighted by Crippen LogP contribution is -2.29. The van der Waals surface area contributed by atoms with E-state index in [4.69, 9.17) is 15.2 Å². The van der Waals surface area contributed by atoms with Crippen LogP contribution in [0.5, 0.6) is 5.75 Å². The maximum atomic E-state index is 13.6. The second-order valence-electron chi connectivity index (χ2n) is 9.48. The third-order valence-electron chi connectivity index (χ3n) is 7.00. The molecule has 2 aliphatic rings. The first-order valence-corrected chi connectivity index (χ1v) is 14.1. The predicted octanol–water partition coefficient (Wildman–Crippen LogP) is 3.69. The van der Waals surface area contributed by atoms with Crippen LogP contribution < -0.4 is 15.4 Å². The molecule has 6 rings (SSSR count). The first-order valence-electron chi connectivity index (χ1n) is 12.6. The lowest BCUT2D eigenvalue weighted by molar-refractivity contribution is 0.0999. The quantitative estimate of drug-likeness (QED) is 0.405. The van der Waals surface area contributed by atoms with E-state index in [2.05, 4.69) is 14.9 Å². The number of sulfone groups is 1. The Kier molecular flexibility index (Phi) is 6.49. The molecule has 1 amide bonds. The van der Waals surface area contributed by atoms with Crippen molar-refractivity contribution in [3.05, 3.63) is 95.9 Å². The minimum Gasteiger partial charge on any atom is -0.488 e. The largest absolute Gasteiger partial charge is 0.488 e. The van der Waals surface area contributed by atoms with Crippen LogP contribution in [0, 0.1) is 0 Å². The number of anilines is 2. The molecule has 9 nitrogen and oxygen atoms in total. The summed E-state index contributed by atoms with van der Waals surface area (Å²) in [5.41, 5.74) is 9.60. The molecule has 0 bridgehead atoms. The summed E-state index contributed by atoms with van der Waals surface area (Å²) in [7, 11) is -3.79. The molecule has 39 heavy (non-hydrogen) atoms. The van der Waals surface area contributed by atoms with Crippen LogP contribution in [0.3, 0.4) is 0 Å². The average molecular weight is 543 g/mol. The van der Waals surface area contributed by atoms with Crippen molar-refractivity contribution in [1.29, 1.82) is 0 Å². The third kappa shape index (κ3) is 4.84. The van der Waals surface area contributed by atoms with Crippen molar-refractivity contribution in [1.82, 2.24) is 9.97 Å². The zero-order chi connectivity index (χ0) is 27.0. The average Bonchev–Trinajstić information content (AvgIpc) is 3.08. The molecule has 0 saturated heterocycles. The molecule has 2 aliphatic heterocycles. The number of amides is 1. The van der Waals surface area contributed by atoms with Gasteiger partial charge in [0.15, 0.2) is 21.4 Å². The van der Waals surface area contributed by atoms with Crippen molar-refractivity contribution >= 4 is 27.2 Å². The summed E-state index contributed by atoms with van der Waals surface area (Å²) < 4.78 is 38.5. The monoisotopic (exact) mass is 542 g/mol. The van der Waals surface area contributed by atoms with Gasteiger partial charge in [-0.25, -0.2) is 13.4 Å². The molecule has 2 aromatic carbocycles. The zero-order valence-electron chi connectivity index (χ0n) is 21.0. The Balaban J connectivity index is 1.24. The van der Waals surface area contributed by atoms with Gasteiger partial charge in [-0.3, -0.25) is 9.78 Å². The predicted molar refractivity (Wildman–Crippen MR) is 146 cm³/mol. The molecular weight excluding hydrogens is 516 g/mol. The molecular formula is C29H26N4O5S. The van der Waals surface area contributed by atoms with Crippen molar-refractivity contribution in [3.63, 3.8) is 0 Å². The summed E-state index contributed by atoms with van der Waals surface area (Å²) in [6, 6.07) is 20.2. The number of nitrogens with zero attached hydrogens (tertiary/aromatic N) is 3. The number of ether oxygens (including phenoxy) is 2. The molecule has 4 heterocycles. The lowest BCUT2D eigenvalue weighted by atomic mass is 10.0. The summed E-state index contributed by atoms with van der Waals surface area (Å²) in [4.78, 5) is 22.8. The van der Waals surface area contributed by atoms with Gasteiger partial charge < -0.3 is 20.1 Å². The Labute approximate surface area is 226 Å². The molecule has 4 aromatic rings. The van der Waals surface area contributed by atoms with Crippen LogP contribution in [-0.2, 0) is 27.6 Å². The summed E-state index contributed by atoms with van der Waals surface area (Å²) in [6.07, 6.45) is 3.61. The van der Waals surface area contributed by atoms with Crippen molar-refractivity contribution < 1.29 is 22.7 Å². The maximum absolute atomic E-state index is 13.6.